The van der Waals surface area contributed by atoms with Crippen LogP contribution in [0.5, 0.6) is 0 Å². The molecule has 1 aliphatic rings. The first-order valence-corrected chi connectivity index (χ1v) is 8.87. The number of rotatable bonds is 4. The molecule has 1 heterocycles. The van der Waals surface area contributed by atoms with E-state index in [1.807, 2.05) is 25.9 Å². The quantitative estimate of drug-likeness (QED) is 0.867. The number of hydrogen-bond acceptors (Lipinski definition) is 4. The third-order valence-electron chi connectivity index (χ3n) is 4.46. The number of nitrogens with one attached hydrogen (secondary N) is 1. The monoisotopic (exact) mass is 383 g/mol. The first-order valence-electron chi connectivity index (χ1n) is 8.87. The zero-order valence-corrected chi connectivity index (χ0v) is 16.6. The minimum atomic E-state index is -0.876. The lowest BCUT2D eigenvalue weighted by Crippen LogP contribution is -2.44. The SMILES string of the molecule is CC(c1cc(F)c(N2CCC(NC(=O)OC(C)(C)C)C2=O)c(F)c1)N(C)C. The molecule has 8 heteroatoms. The molecule has 1 aliphatic heterocycles. The Bertz CT molecular complexity index is 708. The van der Waals surface area contributed by atoms with Crippen molar-refractivity contribution in [3.8, 4) is 0 Å². The van der Waals surface area contributed by atoms with Crippen molar-refractivity contribution < 1.29 is 23.1 Å². The fraction of sp³-hybridized carbons (Fsp3) is 0.579. The van der Waals surface area contributed by atoms with Crippen LogP contribution in [-0.2, 0) is 9.53 Å². The molecule has 0 radical (unpaired) electrons. The van der Waals surface area contributed by atoms with E-state index in [0.29, 0.717) is 5.56 Å². The Morgan fingerprint density at radius 1 is 1.30 bits per heavy atom. The van der Waals surface area contributed by atoms with E-state index in [-0.39, 0.29) is 24.7 Å². The van der Waals surface area contributed by atoms with Gasteiger partial charge in [0, 0.05) is 12.6 Å². The van der Waals surface area contributed by atoms with Gasteiger partial charge in [-0.05, 0) is 65.9 Å². The number of hydrogen-bond donors (Lipinski definition) is 1. The van der Waals surface area contributed by atoms with Crippen LogP contribution >= 0.6 is 0 Å². The molecule has 0 aromatic heterocycles. The third-order valence-corrected chi connectivity index (χ3v) is 4.46. The average Bonchev–Trinajstić information content (AvgIpc) is 2.85. The molecular weight excluding hydrogens is 356 g/mol. The van der Waals surface area contributed by atoms with Crippen molar-refractivity contribution in [2.45, 2.75) is 51.8 Å². The van der Waals surface area contributed by atoms with Gasteiger partial charge in [-0.25, -0.2) is 13.6 Å². The van der Waals surface area contributed by atoms with Gasteiger partial charge in [-0.3, -0.25) is 4.79 Å². The third kappa shape index (κ3) is 4.94. The van der Waals surface area contributed by atoms with Gasteiger partial charge in [-0.2, -0.15) is 0 Å². The molecule has 1 N–H and O–H groups in total. The fourth-order valence-corrected chi connectivity index (χ4v) is 2.87. The zero-order valence-electron chi connectivity index (χ0n) is 16.6. The van der Waals surface area contributed by atoms with E-state index in [2.05, 4.69) is 5.32 Å². The number of halogens is 2. The number of ether oxygens (including phenoxy) is 1. The van der Waals surface area contributed by atoms with Crippen molar-refractivity contribution in [3.63, 3.8) is 0 Å². The summed E-state index contributed by atoms with van der Waals surface area (Å²) in [5.41, 5.74) is -0.611. The maximum atomic E-state index is 14.6. The standard InChI is InChI=1S/C19H27F2N3O3/c1-11(23(5)6)12-9-13(20)16(14(21)10-12)24-8-7-15(17(24)25)22-18(26)27-19(2,3)4/h9-11,15H,7-8H2,1-6H3,(H,22,26). The van der Waals surface area contributed by atoms with Crippen LogP contribution in [0.2, 0.25) is 0 Å². The molecule has 0 aliphatic carbocycles. The Morgan fingerprint density at radius 2 is 1.85 bits per heavy atom. The zero-order chi connectivity index (χ0) is 20.5. The van der Waals surface area contributed by atoms with Crippen molar-refractivity contribution in [2.24, 2.45) is 0 Å². The molecule has 1 aromatic rings. The highest BCUT2D eigenvalue weighted by atomic mass is 19.1. The van der Waals surface area contributed by atoms with Crippen molar-refractivity contribution in [1.29, 1.82) is 0 Å². The summed E-state index contributed by atoms with van der Waals surface area (Å²) in [6.07, 6.45) is -0.494. The second-order valence-corrected chi connectivity index (χ2v) is 7.95. The molecule has 1 saturated heterocycles. The summed E-state index contributed by atoms with van der Waals surface area (Å²) in [7, 11) is 3.62. The second-order valence-electron chi connectivity index (χ2n) is 7.95. The molecule has 6 nitrogen and oxygen atoms in total. The number of benzene rings is 1. The normalized spacial score (nSPS) is 18.8. The van der Waals surface area contributed by atoms with E-state index in [0.717, 1.165) is 4.90 Å². The maximum Gasteiger partial charge on any atom is 0.408 e. The Balaban J connectivity index is 2.18. The van der Waals surface area contributed by atoms with Crippen LogP contribution in [0.3, 0.4) is 0 Å². The molecular formula is C19H27F2N3O3. The molecule has 0 saturated carbocycles. The summed E-state index contributed by atoms with van der Waals surface area (Å²) in [5, 5.41) is 2.46. The predicted octanol–water partition coefficient (Wildman–Crippen LogP) is 3.22. The van der Waals surface area contributed by atoms with Crippen molar-refractivity contribution in [2.75, 3.05) is 25.5 Å². The summed E-state index contributed by atoms with van der Waals surface area (Å²) >= 11 is 0. The van der Waals surface area contributed by atoms with Crippen LogP contribution in [0.15, 0.2) is 12.1 Å². The van der Waals surface area contributed by atoms with Gasteiger partial charge in [0.05, 0.1) is 0 Å². The van der Waals surface area contributed by atoms with E-state index < -0.39 is 35.3 Å². The number of anilines is 1. The molecule has 2 amide bonds. The minimum absolute atomic E-state index is 0.107. The molecule has 2 atom stereocenters. The Hall–Kier alpha value is -2.22. The van der Waals surface area contributed by atoms with Crippen molar-refractivity contribution in [1.82, 2.24) is 10.2 Å². The van der Waals surface area contributed by atoms with E-state index in [1.165, 1.54) is 12.1 Å². The van der Waals surface area contributed by atoms with Crippen LogP contribution in [-0.4, -0.2) is 49.2 Å². The van der Waals surface area contributed by atoms with Crippen LogP contribution in [0.4, 0.5) is 19.3 Å². The van der Waals surface area contributed by atoms with Crippen LogP contribution in [0.1, 0.15) is 45.7 Å². The van der Waals surface area contributed by atoms with Gasteiger partial charge in [-0.15, -0.1) is 0 Å². The molecule has 0 bridgehead atoms. The predicted molar refractivity (Wildman–Crippen MR) is 98.6 cm³/mol. The first kappa shape index (κ1) is 21.1. The van der Waals surface area contributed by atoms with Gasteiger partial charge in [-0.1, -0.05) is 0 Å². The summed E-state index contributed by atoms with van der Waals surface area (Å²) in [6, 6.07) is 1.42. The fourth-order valence-electron chi connectivity index (χ4n) is 2.87. The summed E-state index contributed by atoms with van der Waals surface area (Å²) in [5.74, 6) is -2.16. The van der Waals surface area contributed by atoms with E-state index in [1.54, 1.807) is 20.8 Å². The highest BCUT2D eigenvalue weighted by molar-refractivity contribution is 6.01. The van der Waals surface area contributed by atoms with Crippen molar-refractivity contribution in [3.05, 3.63) is 29.3 Å². The molecule has 2 unspecified atom stereocenters. The molecule has 1 aromatic carbocycles. The number of nitrogens with zero attached hydrogens (tertiary/aromatic N) is 2. The lowest BCUT2D eigenvalue weighted by molar-refractivity contribution is -0.118. The molecule has 27 heavy (non-hydrogen) atoms. The summed E-state index contributed by atoms with van der Waals surface area (Å²) < 4.78 is 34.3. The summed E-state index contributed by atoms with van der Waals surface area (Å²) in [4.78, 5) is 27.3. The van der Waals surface area contributed by atoms with Crippen LogP contribution < -0.4 is 10.2 Å². The molecule has 0 spiro atoms. The highest BCUT2D eigenvalue weighted by Gasteiger charge is 2.37. The second kappa shape index (κ2) is 7.80. The van der Waals surface area contributed by atoms with Crippen molar-refractivity contribution >= 4 is 17.7 Å². The Kier molecular flexibility index (Phi) is 6.09. The largest absolute Gasteiger partial charge is 0.444 e. The van der Waals surface area contributed by atoms with Gasteiger partial charge in [0.1, 0.15) is 29.0 Å². The number of alkyl carbamates (subject to hydrolysis) is 1. The molecule has 150 valence electrons. The van der Waals surface area contributed by atoms with Gasteiger partial charge >= 0.3 is 6.09 Å². The summed E-state index contributed by atoms with van der Waals surface area (Å²) in [6.45, 7) is 7.05. The minimum Gasteiger partial charge on any atom is -0.444 e. The smallest absolute Gasteiger partial charge is 0.408 e. The lowest BCUT2D eigenvalue weighted by Gasteiger charge is -2.24. The van der Waals surface area contributed by atoms with E-state index in [4.69, 9.17) is 4.74 Å². The number of amides is 2. The Morgan fingerprint density at radius 3 is 2.33 bits per heavy atom. The molecule has 1 fully saturated rings. The van der Waals surface area contributed by atoms with Gasteiger partial charge < -0.3 is 19.9 Å². The highest BCUT2D eigenvalue weighted by Crippen LogP contribution is 2.31. The van der Waals surface area contributed by atoms with E-state index in [9.17, 15) is 18.4 Å². The maximum absolute atomic E-state index is 14.6. The van der Waals surface area contributed by atoms with E-state index >= 15 is 0 Å². The number of carbonyl (C=O) groups is 2. The topological polar surface area (TPSA) is 61.9 Å². The average molecular weight is 383 g/mol. The first-order chi connectivity index (χ1) is 12.4. The van der Waals surface area contributed by atoms with Gasteiger partial charge in [0.25, 0.3) is 0 Å². The van der Waals surface area contributed by atoms with Crippen LogP contribution in [0.25, 0.3) is 0 Å². The van der Waals surface area contributed by atoms with Crippen LogP contribution in [0, 0.1) is 11.6 Å². The Labute approximate surface area is 158 Å². The lowest BCUT2D eigenvalue weighted by atomic mass is 10.1. The van der Waals surface area contributed by atoms with Gasteiger partial charge in [0.15, 0.2) is 0 Å². The van der Waals surface area contributed by atoms with Gasteiger partial charge in [0.2, 0.25) is 5.91 Å². The molecule has 2 rings (SSSR count). The number of carbonyl (C=O) groups excluding carboxylic acids is 2.